The number of hydrogen-bond acceptors (Lipinski definition) is 0. The van der Waals surface area contributed by atoms with Gasteiger partial charge < -0.3 is 0 Å². The first kappa shape index (κ1) is 36.7. The molecular weight excluding hydrogens is 673 g/mol. The lowest BCUT2D eigenvalue weighted by Crippen LogP contribution is -2.01. The van der Waals surface area contributed by atoms with Gasteiger partial charge in [-0.3, -0.25) is 0 Å². The van der Waals surface area contributed by atoms with Gasteiger partial charge in [0, 0.05) is 0 Å². The molecule has 0 unspecified atom stereocenters. The molecule has 0 amide bonds. The second kappa shape index (κ2) is 16.6. The summed E-state index contributed by atoms with van der Waals surface area (Å²) in [6, 6.07) is 65.4. The van der Waals surface area contributed by atoms with Crippen molar-refractivity contribution in [2.45, 2.75) is 53.4 Å². The largest absolute Gasteiger partial charge is 0.0616 e. The zero-order chi connectivity index (χ0) is 38.4. The van der Waals surface area contributed by atoms with Crippen LogP contribution in [0.5, 0.6) is 0 Å². The summed E-state index contributed by atoms with van der Waals surface area (Å²) in [5.74, 6) is 0. The van der Waals surface area contributed by atoms with Crippen molar-refractivity contribution in [1.29, 1.82) is 0 Å². The highest BCUT2D eigenvalue weighted by atomic mass is 14.1. The van der Waals surface area contributed by atoms with Crippen LogP contribution in [-0.4, -0.2) is 0 Å². The number of aryl methyl sites for hydroxylation is 6. The summed E-state index contributed by atoms with van der Waals surface area (Å²) in [7, 11) is 0. The molecule has 274 valence electrons. The molecule has 11 rings (SSSR count). The molecular formula is C56H50. The average Bonchev–Trinajstić information content (AvgIpc) is 3.24. The van der Waals surface area contributed by atoms with E-state index in [-0.39, 0.29) is 0 Å². The fraction of sp³-hybridized carbons (Fsp3) is 0.143. The quantitative estimate of drug-likeness (QED) is 0.137. The van der Waals surface area contributed by atoms with E-state index in [0.717, 1.165) is 0 Å². The Labute approximate surface area is 332 Å². The molecule has 10 aromatic rings. The van der Waals surface area contributed by atoms with Gasteiger partial charge in [-0.05, 0) is 135 Å². The molecule has 0 heterocycles. The van der Waals surface area contributed by atoms with E-state index < -0.39 is 0 Å². The molecule has 0 fully saturated rings. The minimum Gasteiger partial charge on any atom is -0.0616 e. The summed E-state index contributed by atoms with van der Waals surface area (Å²) in [6.07, 6.45) is 5.37. The Balaban J connectivity index is 0.000000106. The van der Waals surface area contributed by atoms with Crippen LogP contribution >= 0.6 is 0 Å². The van der Waals surface area contributed by atoms with E-state index in [1.165, 1.54) is 113 Å². The van der Waals surface area contributed by atoms with Crippen LogP contribution < -0.4 is 0 Å². The highest BCUT2D eigenvalue weighted by molar-refractivity contribution is 6.10. The zero-order valence-electron chi connectivity index (χ0n) is 33.1. The van der Waals surface area contributed by atoms with Crippen LogP contribution in [0.25, 0.3) is 64.6 Å². The summed E-state index contributed by atoms with van der Waals surface area (Å²) in [5.41, 5.74) is 8.57. The summed E-state index contributed by atoms with van der Waals surface area (Å²) in [4.78, 5) is 0. The van der Waals surface area contributed by atoms with Gasteiger partial charge in [-0.2, -0.15) is 0 Å². The first-order valence-electron chi connectivity index (χ1n) is 20.1. The van der Waals surface area contributed by atoms with Crippen molar-refractivity contribution in [3.05, 3.63) is 215 Å². The molecule has 0 bridgehead atoms. The molecule has 1 aliphatic carbocycles. The Hall–Kier alpha value is -6.24. The van der Waals surface area contributed by atoms with Crippen LogP contribution in [0, 0.1) is 27.7 Å². The van der Waals surface area contributed by atoms with Gasteiger partial charge in [-0.25, -0.2) is 0 Å². The number of benzene rings is 10. The highest BCUT2D eigenvalue weighted by Gasteiger charge is 2.08. The van der Waals surface area contributed by atoms with Gasteiger partial charge in [0.15, 0.2) is 0 Å². The third kappa shape index (κ3) is 8.07. The molecule has 0 saturated carbocycles. The Bertz CT molecular complexity index is 2950. The van der Waals surface area contributed by atoms with Gasteiger partial charge in [0.1, 0.15) is 0 Å². The van der Waals surface area contributed by atoms with E-state index in [4.69, 9.17) is 0 Å². The van der Waals surface area contributed by atoms with E-state index in [1.54, 1.807) is 11.1 Å². The molecule has 0 saturated heterocycles. The molecule has 0 aromatic heterocycles. The van der Waals surface area contributed by atoms with Crippen molar-refractivity contribution >= 4 is 64.6 Å². The topological polar surface area (TPSA) is 0 Å². The zero-order valence-corrected chi connectivity index (χ0v) is 33.1. The minimum atomic E-state index is 1.30. The van der Waals surface area contributed by atoms with Gasteiger partial charge in [0.25, 0.3) is 0 Å². The van der Waals surface area contributed by atoms with Crippen molar-refractivity contribution < 1.29 is 0 Å². The first-order chi connectivity index (χ1) is 27.4. The normalized spacial score (nSPS) is 12.0. The van der Waals surface area contributed by atoms with Gasteiger partial charge in [0.2, 0.25) is 0 Å². The Morgan fingerprint density at radius 3 is 1.38 bits per heavy atom. The van der Waals surface area contributed by atoms with Gasteiger partial charge in [-0.15, -0.1) is 0 Å². The van der Waals surface area contributed by atoms with Gasteiger partial charge in [0.05, 0.1) is 0 Å². The third-order valence-corrected chi connectivity index (χ3v) is 11.3. The number of fused-ring (bicyclic) bond motifs is 10. The smallest absolute Gasteiger partial charge is 0.0103 e. The van der Waals surface area contributed by atoms with Crippen LogP contribution in [-0.2, 0) is 12.8 Å². The lowest BCUT2D eigenvalue weighted by molar-refractivity contribution is 0.685. The van der Waals surface area contributed by atoms with E-state index >= 15 is 0 Å². The third-order valence-electron chi connectivity index (χ3n) is 11.3. The molecule has 1 aliphatic rings. The van der Waals surface area contributed by atoms with Gasteiger partial charge in [-0.1, -0.05) is 199 Å². The maximum atomic E-state index is 2.34. The van der Waals surface area contributed by atoms with Crippen molar-refractivity contribution in [3.8, 4) is 0 Å². The van der Waals surface area contributed by atoms with Crippen molar-refractivity contribution in [2.75, 3.05) is 0 Å². The summed E-state index contributed by atoms with van der Waals surface area (Å²) >= 11 is 0. The molecule has 0 spiro atoms. The maximum Gasteiger partial charge on any atom is -0.0103 e. The van der Waals surface area contributed by atoms with Gasteiger partial charge >= 0.3 is 0 Å². The molecule has 56 heavy (non-hydrogen) atoms. The van der Waals surface area contributed by atoms with Crippen LogP contribution in [0.15, 0.2) is 182 Å². The predicted molar refractivity (Wildman–Crippen MR) is 246 cm³/mol. The molecule has 0 heteroatoms. The molecule has 10 aromatic carbocycles. The van der Waals surface area contributed by atoms with Crippen LogP contribution in [0.2, 0.25) is 0 Å². The second-order valence-electron chi connectivity index (χ2n) is 15.5. The van der Waals surface area contributed by atoms with Crippen LogP contribution in [0.1, 0.15) is 46.2 Å². The lowest BCUT2D eigenvalue weighted by atomic mass is 9.91. The SMILES string of the molecule is Cc1cc2ccccc2c2ccccc12.Cc1ccc2c(c1)CCCC2.Cc1ccc2c(ccc3ccccc32)c1.Cc1ccc2ccc3ccccc3c2c1. The van der Waals surface area contributed by atoms with E-state index in [9.17, 15) is 0 Å². The standard InChI is InChI=1S/3C15H12.C11H14/c1-11-10-12-6-2-3-8-14(12)15-9-5-4-7-13(11)15;1-11-6-9-15-13(10-11)8-7-12-4-2-3-5-14(12)15;1-11-6-7-13-9-8-12-4-2-3-5-14(12)15(13)10-11;1-9-6-7-10-4-2-3-5-11(10)8-9/h3*2-10H,1H3;6-8H,2-5H2,1H3. The van der Waals surface area contributed by atoms with Crippen molar-refractivity contribution in [2.24, 2.45) is 0 Å². The number of rotatable bonds is 0. The second-order valence-corrected chi connectivity index (χ2v) is 15.5. The molecule has 0 nitrogen and oxygen atoms in total. The van der Waals surface area contributed by atoms with Crippen molar-refractivity contribution in [1.82, 2.24) is 0 Å². The summed E-state index contributed by atoms with van der Waals surface area (Å²) < 4.78 is 0. The van der Waals surface area contributed by atoms with E-state index in [1.807, 2.05) is 0 Å². The van der Waals surface area contributed by atoms with Crippen LogP contribution in [0.4, 0.5) is 0 Å². The minimum absolute atomic E-state index is 1.30. The number of hydrogen-bond donors (Lipinski definition) is 0. The lowest BCUT2D eigenvalue weighted by Gasteiger charge is -2.15. The average molecular weight is 723 g/mol. The molecule has 0 N–H and O–H groups in total. The predicted octanol–water partition coefficient (Wildman–Crippen LogP) is 15.8. The first-order valence-corrected chi connectivity index (χ1v) is 20.1. The Kier molecular flexibility index (Phi) is 10.9. The van der Waals surface area contributed by atoms with Crippen LogP contribution in [0.3, 0.4) is 0 Å². The van der Waals surface area contributed by atoms with E-state index in [0.29, 0.717) is 0 Å². The Morgan fingerprint density at radius 1 is 0.268 bits per heavy atom. The summed E-state index contributed by atoms with van der Waals surface area (Å²) in [6.45, 7) is 8.62. The molecule has 0 aliphatic heterocycles. The maximum absolute atomic E-state index is 2.34. The Morgan fingerprint density at radius 2 is 0.679 bits per heavy atom. The van der Waals surface area contributed by atoms with Crippen molar-refractivity contribution in [3.63, 3.8) is 0 Å². The fourth-order valence-electron chi connectivity index (χ4n) is 8.35. The highest BCUT2D eigenvalue weighted by Crippen LogP contribution is 2.29. The molecule has 0 radical (unpaired) electrons. The fourth-order valence-corrected chi connectivity index (χ4v) is 8.35. The molecule has 0 atom stereocenters. The van der Waals surface area contributed by atoms with E-state index in [2.05, 4.69) is 210 Å². The summed E-state index contributed by atoms with van der Waals surface area (Å²) in [5, 5.41) is 16.1. The monoisotopic (exact) mass is 722 g/mol.